The summed E-state index contributed by atoms with van der Waals surface area (Å²) in [5, 5.41) is 0. The van der Waals surface area contributed by atoms with E-state index in [1.54, 1.807) is 0 Å². The van der Waals surface area contributed by atoms with E-state index in [0.717, 1.165) is 12.7 Å². The zero-order chi connectivity index (χ0) is 11.0. The Labute approximate surface area is 94.2 Å². The Morgan fingerprint density at radius 3 is 2.64 bits per heavy atom. The molecule has 6 heteroatoms. The van der Waals surface area contributed by atoms with Crippen LogP contribution in [0.2, 0.25) is 0 Å². The summed E-state index contributed by atoms with van der Waals surface area (Å²) in [6, 6.07) is 0. The van der Waals surface area contributed by atoms with Gasteiger partial charge in [0.25, 0.3) is 0 Å². The average Bonchev–Trinajstić information content (AvgIpc) is 2.13. The third-order valence-corrected chi connectivity index (χ3v) is 3.03. The van der Waals surface area contributed by atoms with Crippen molar-refractivity contribution < 1.29 is 13.6 Å². The Hall–Kier alpha value is 0.0500. The zero-order valence-electron chi connectivity index (χ0n) is 7.91. The molecule has 82 valence electrons. The Balaban J connectivity index is 4.31. The van der Waals surface area contributed by atoms with Crippen molar-refractivity contribution in [1.82, 2.24) is 0 Å². The van der Waals surface area contributed by atoms with Crippen LogP contribution in [0.15, 0.2) is 23.4 Å². The van der Waals surface area contributed by atoms with Gasteiger partial charge in [0.2, 0.25) is 0 Å². The zero-order valence-corrected chi connectivity index (χ0v) is 10.3. The second-order valence-electron chi connectivity index (χ2n) is 2.43. The van der Waals surface area contributed by atoms with E-state index >= 15 is 0 Å². The number of halogens is 2. The van der Waals surface area contributed by atoms with E-state index in [2.05, 4.69) is 6.58 Å². The molecule has 0 aromatic rings. The molecule has 0 N–H and O–H groups in total. The third-order valence-electron chi connectivity index (χ3n) is 1.15. The van der Waals surface area contributed by atoms with Crippen LogP contribution >= 0.6 is 30.8 Å². The van der Waals surface area contributed by atoms with Gasteiger partial charge in [-0.25, -0.2) is 4.57 Å². The molecule has 0 saturated carbocycles. The van der Waals surface area contributed by atoms with E-state index in [1.165, 1.54) is 6.08 Å². The number of allylic oxidation sites excluding steroid dienone is 1. The highest BCUT2D eigenvalue weighted by Gasteiger charge is 2.22. The molecule has 1 atom stereocenters. The predicted octanol–water partition coefficient (Wildman–Crippen LogP) is 4.09. The minimum absolute atomic E-state index is 0.102. The summed E-state index contributed by atoms with van der Waals surface area (Å²) in [4.78, 5) is 0. The first-order valence-electron chi connectivity index (χ1n) is 4.08. The van der Waals surface area contributed by atoms with Gasteiger partial charge in [-0.3, -0.25) is 4.52 Å². The third kappa shape index (κ3) is 6.50. The fraction of sp³-hybridized carbons (Fsp3) is 0.500. The van der Waals surface area contributed by atoms with Gasteiger partial charge in [-0.15, -0.1) is 6.58 Å². The Bertz CT molecular complexity index is 249. The van der Waals surface area contributed by atoms with Crippen LogP contribution < -0.4 is 0 Å². The molecule has 14 heavy (non-hydrogen) atoms. The molecule has 0 spiro atoms. The molecule has 3 nitrogen and oxygen atoms in total. The van der Waals surface area contributed by atoms with Crippen molar-refractivity contribution in [3.8, 4) is 0 Å². The minimum Gasteiger partial charge on any atom is -0.430 e. The highest BCUT2D eigenvalue weighted by Crippen LogP contribution is 2.48. The van der Waals surface area contributed by atoms with Gasteiger partial charge in [-0.1, -0.05) is 36.2 Å². The Morgan fingerprint density at radius 2 is 2.21 bits per heavy atom. The van der Waals surface area contributed by atoms with E-state index in [1.807, 2.05) is 6.92 Å². The Kier molecular flexibility index (Phi) is 7.38. The molecular weight excluding hydrogens is 246 g/mol. The van der Waals surface area contributed by atoms with Crippen LogP contribution in [0.4, 0.5) is 0 Å². The first kappa shape index (κ1) is 14.1. The van der Waals surface area contributed by atoms with Gasteiger partial charge >= 0.3 is 7.60 Å². The summed E-state index contributed by atoms with van der Waals surface area (Å²) in [6.07, 6.45) is 3.35. The van der Waals surface area contributed by atoms with Crippen molar-refractivity contribution in [2.45, 2.75) is 13.3 Å². The largest absolute Gasteiger partial charge is 0.430 e. The van der Waals surface area contributed by atoms with Crippen molar-refractivity contribution >= 4 is 30.8 Å². The summed E-state index contributed by atoms with van der Waals surface area (Å²) in [5.74, 6) is 0. The molecule has 0 aromatic carbocycles. The van der Waals surface area contributed by atoms with Crippen molar-refractivity contribution in [3.63, 3.8) is 0 Å². The lowest BCUT2D eigenvalue weighted by molar-refractivity contribution is 0.252. The maximum Gasteiger partial charge on any atom is 0.382 e. The van der Waals surface area contributed by atoms with E-state index in [9.17, 15) is 4.57 Å². The predicted molar refractivity (Wildman–Crippen MR) is 59.8 cm³/mol. The van der Waals surface area contributed by atoms with Gasteiger partial charge in [0, 0.05) is 0 Å². The minimum atomic E-state index is -3.15. The van der Waals surface area contributed by atoms with Crippen LogP contribution in [-0.2, 0) is 13.6 Å². The molecule has 1 unspecified atom stereocenters. The molecule has 0 aromatic heterocycles. The first-order valence-corrected chi connectivity index (χ1v) is 6.56. The second kappa shape index (κ2) is 7.36. The molecule has 0 heterocycles. The summed E-state index contributed by atoms with van der Waals surface area (Å²) in [5.41, 5.74) is 0. The molecular formula is C8H13Cl2O3P. The SMILES string of the molecule is C=CCP(=O)(OC=C(Cl)Cl)OCCC. The highest BCUT2D eigenvalue weighted by atomic mass is 35.5. The second-order valence-corrected chi connectivity index (χ2v) is 5.49. The molecule has 0 amide bonds. The number of hydrogen-bond donors (Lipinski definition) is 0. The van der Waals surface area contributed by atoms with Crippen molar-refractivity contribution in [3.05, 3.63) is 23.4 Å². The van der Waals surface area contributed by atoms with Crippen LogP contribution in [0.1, 0.15) is 13.3 Å². The highest BCUT2D eigenvalue weighted by molar-refractivity contribution is 7.54. The molecule has 0 aliphatic heterocycles. The molecule has 0 fully saturated rings. The monoisotopic (exact) mass is 258 g/mol. The standard InChI is InChI=1S/C8H13Cl2O3P/c1-3-5-12-14(11,6-4-2)13-7-8(9)10/h4,7H,2-3,5-6H2,1H3. The molecule has 0 aliphatic rings. The van der Waals surface area contributed by atoms with Crippen LogP contribution in [0.3, 0.4) is 0 Å². The van der Waals surface area contributed by atoms with E-state index in [-0.39, 0.29) is 10.7 Å². The number of rotatable bonds is 7. The van der Waals surface area contributed by atoms with Gasteiger partial charge in [0.05, 0.1) is 12.8 Å². The van der Waals surface area contributed by atoms with Crippen LogP contribution in [0.25, 0.3) is 0 Å². The van der Waals surface area contributed by atoms with Gasteiger partial charge in [0.1, 0.15) is 10.8 Å². The van der Waals surface area contributed by atoms with E-state index in [4.69, 9.17) is 32.2 Å². The lowest BCUT2D eigenvalue weighted by Crippen LogP contribution is -1.96. The van der Waals surface area contributed by atoms with E-state index in [0.29, 0.717) is 6.61 Å². The summed E-state index contributed by atoms with van der Waals surface area (Å²) >= 11 is 10.6. The molecule has 0 radical (unpaired) electrons. The van der Waals surface area contributed by atoms with Crippen LogP contribution in [0.5, 0.6) is 0 Å². The van der Waals surface area contributed by atoms with Gasteiger partial charge in [-0.05, 0) is 6.42 Å². The lowest BCUT2D eigenvalue weighted by Gasteiger charge is -2.14. The lowest BCUT2D eigenvalue weighted by atomic mass is 10.5. The average molecular weight is 259 g/mol. The van der Waals surface area contributed by atoms with E-state index < -0.39 is 7.60 Å². The smallest absolute Gasteiger partial charge is 0.382 e. The van der Waals surface area contributed by atoms with Crippen LogP contribution in [0, 0.1) is 0 Å². The van der Waals surface area contributed by atoms with Gasteiger partial charge < -0.3 is 4.52 Å². The maximum atomic E-state index is 11.8. The Morgan fingerprint density at radius 1 is 1.57 bits per heavy atom. The van der Waals surface area contributed by atoms with Gasteiger partial charge in [0.15, 0.2) is 0 Å². The molecule has 0 bridgehead atoms. The molecule has 0 rings (SSSR count). The normalized spacial score (nSPS) is 14.2. The van der Waals surface area contributed by atoms with Gasteiger partial charge in [-0.2, -0.15) is 0 Å². The molecule has 0 aliphatic carbocycles. The maximum absolute atomic E-state index is 11.8. The summed E-state index contributed by atoms with van der Waals surface area (Å²) in [6.45, 7) is 5.73. The fourth-order valence-corrected chi connectivity index (χ4v) is 2.14. The fourth-order valence-electron chi connectivity index (χ4n) is 0.635. The van der Waals surface area contributed by atoms with Crippen molar-refractivity contribution in [2.24, 2.45) is 0 Å². The summed E-state index contributed by atoms with van der Waals surface area (Å²) < 4.78 is 21.6. The number of hydrogen-bond acceptors (Lipinski definition) is 3. The van der Waals surface area contributed by atoms with Crippen molar-refractivity contribution in [1.29, 1.82) is 0 Å². The first-order chi connectivity index (χ1) is 6.54. The van der Waals surface area contributed by atoms with Crippen LogP contribution in [-0.4, -0.2) is 12.8 Å². The topological polar surface area (TPSA) is 35.5 Å². The molecule has 0 saturated heterocycles. The summed E-state index contributed by atoms with van der Waals surface area (Å²) in [7, 11) is -3.15. The quantitative estimate of drug-likeness (QED) is 0.392. The van der Waals surface area contributed by atoms with Crippen molar-refractivity contribution in [2.75, 3.05) is 12.8 Å².